The molecule has 136 valence electrons. The zero-order valence-corrected chi connectivity index (χ0v) is 15.6. The van der Waals surface area contributed by atoms with Crippen molar-refractivity contribution >= 4 is 28.9 Å². The molecule has 0 bridgehead atoms. The van der Waals surface area contributed by atoms with Gasteiger partial charge in [-0.15, -0.1) is 5.10 Å². The maximum Gasteiger partial charge on any atom is 0.319 e. The second-order valence-corrected chi connectivity index (χ2v) is 6.51. The summed E-state index contributed by atoms with van der Waals surface area (Å²) in [5, 5.41) is 8.66. The molecule has 0 saturated carbocycles. The molecule has 0 spiro atoms. The lowest BCUT2D eigenvalue weighted by Crippen LogP contribution is -2.19. The number of hydrogen-bond acceptors (Lipinski definition) is 8. The Morgan fingerprint density at radius 1 is 1.23 bits per heavy atom. The molecule has 26 heavy (non-hydrogen) atoms. The lowest BCUT2D eigenvalue weighted by molar-refractivity contribution is -0.142. The van der Waals surface area contributed by atoms with Gasteiger partial charge in [0.05, 0.1) is 19.4 Å². The van der Waals surface area contributed by atoms with Gasteiger partial charge in [0.25, 0.3) is 0 Å². The molecule has 8 nitrogen and oxygen atoms in total. The van der Waals surface area contributed by atoms with E-state index in [0.717, 1.165) is 11.4 Å². The van der Waals surface area contributed by atoms with Crippen LogP contribution in [0.15, 0.2) is 35.6 Å². The van der Waals surface area contributed by atoms with Crippen LogP contribution >= 0.6 is 11.8 Å². The highest BCUT2D eigenvalue weighted by molar-refractivity contribution is 8.00. The van der Waals surface area contributed by atoms with Gasteiger partial charge in [0.1, 0.15) is 22.4 Å². The van der Waals surface area contributed by atoms with Gasteiger partial charge in [0.2, 0.25) is 0 Å². The molecule has 2 heterocycles. The van der Waals surface area contributed by atoms with Gasteiger partial charge >= 0.3 is 5.97 Å². The monoisotopic (exact) mass is 373 g/mol. The summed E-state index contributed by atoms with van der Waals surface area (Å²) < 4.78 is 11.9. The van der Waals surface area contributed by atoms with Crippen molar-refractivity contribution in [2.24, 2.45) is 0 Å². The Labute approximate surface area is 154 Å². The fraction of sp³-hybridized carbons (Fsp3) is 0.353. The van der Waals surface area contributed by atoms with Gasteiger partial charge in [-0.05, 0) is 37.6 Å². The van der Waals surface area contributed by atoms with Crippen molar-refractivity contribution in [1.29, 1.82) is 0 Å². The van der Waals surface area contributed by atoms with Gasteiger partial charge in [-0.25, -0.2) is 9.97 Å². The molecule has 0 aliphatic rings. The number of hydrogen-bond donors (Lipinski definition) is 0. The number of carbonyl (C=O) groups is 1. The van der Waals surface area contributed by atoms with Crippen LogP contribution in [0.5, 0.6) is 5.75 Å². The van der Waals surface area contributed by atoms with E-state index < -0.39 is 0 Å². The molecule has 3 rings (SSSR count). The number of ether oxygens (including phenoxy) is 2. The summed E-state index contributed by atoms with van der Waals surface area (Å²) in [4.78, 5) is 20.6. The zero-order valence-electron chi connectivity index (χ0n) is 14.7. The maximum absolute atomic E-state index is 12.1. The fourth-order valence-electron chi connectivity index (χ4n) is 2.38. The van der Waals surface area contributed by atoms with Gasteiger partial charge in [-0.3, -0.25) is 4.79 Å². The summed E-state index contributed by atoms with van der Waals surface area (Å²) in [6.07, 6.45) is 2.08. The number of thioether (sulfide) groups is 1. The van der Waals surface area contributed by atoms with Gasteiger partial charge in [-0.1, -0.05) is 23.9 Å². The first kappa shape index (κ1) is 18.1. The third-order valence-corrected chi connectivity index (χ3v) is 5.03. The molecule has 0 amide bonds. The number of methoxy groups -OCH3 is 1. The minimum atomic E-state index is -0.348. The Kier molecular flexibility index (Phi) is 5.67. The highest BCUT2D eigenvalue weighted by atomic mass is 32.2. The molecular weight excluding hydrogens is 354 g/mol. The molecule has 0 aliphatic heterocycles. The van der Waals surface area contributed by atoms with Crippen molar-refractivity contribution in [3.63, 3.8) is 0 Å². The summed E-state index contributed by atoms with van der Waals surface area (Å²) in [6, 6.07) is 7.42. The minimum absolute atomic E-state index is 0.255. The Morgan fingerprint density at radius 3 is 2.65 bits per heavy atom. The molecule has 0 fully saturated rings. The fourth-order valence-corrected chi connectivity index (χ4v) is 3.33. The van der Waals surface area contributed by atoms with E-state index in [-0.39, 0.29) is 11.2 Å². The van der Waals surface area contributed by atoms with Crippen molar-refractivity contribution in [1.82, 2.24) is 25.0 Å². The van der Waals surface area contributed by atoms with Crippen LogP contribution in [0.2, 0.25) is 0 Å². The topological polar surface area (TPSA) is 92.0 Å². The molecule has 1 aromatic carbocycles. The van der Waals surface area contributed by atoms with E-state index in [1.165, 1.54) is 18.1 Å². The van der Waals surface area contributed by atoms with E-state index >= 15 is 0 Å². The lowest BCUT2D eigenvalue weighted by Gasteiger charge is -2.12. The standard InChI is InChI=1S/C17H19N5O3S/c1-4-13(17(23)25-5-2)26-16-14-15(18-10-19-16)22(21-20-14)11-6-8-12(24-3)9-7-11/h6-10,13H,4-5H2,1-3H3. The quantitative estimate of drug-likeness (QED) is 0.355. The second kappa shape index (κ2) is 8.13. The van der Waals surface area contributed by atoms with Crippen LogP contribution < -0.4 is 4.74 Å². The highest BCUT2D eigenvalue weighted by Gasteiger charge is 2.23. The number of nitrogens with zero attached hydrogens (tertiary/aromatic N) is 5. The number of esters is 1. The predicted octanol–water partition coefficient (Wildman–Crippen LogP) is 2.65. The Balaban J connectivity index is 1.94. The first-order valence-electron chi connectivity index (χ1n) is 8.22. The van der Waals surface area contributed by atoms with Crippen molar-refractivity contribution < 1.29 is 14.3 Å². The number of carbonyl (C=O) groups excluding carboxylic acids is 1. The molecule has 9 heteroatoms. The number of fused-ring (bicyclic) bond motifs is 1. The first-order chi connectivity index (χ1) is 12.7. The first-order valence-corrected chi connectivity index (χ1v) is 9.10. The average Bonchev–Trinajstić information content (AvgIpc) is 3.11. The SMILES string of the molecule is CCOC(=O)C(CC)Sc1ncnc2c1nnn2-c1ccc(OC)cc1. The Hall–Kier alpha value is -2.68. The Morgan fingerprint density at radius 2 is 2.00 bits per heavy atom. The summed E-state index contributed by atoms with van der Waals surface area (Å²) in [7, 11) is 1.62. The van der Waals surface area contributed by atoms with Crippen LogP contribution in [0.3, 0.4) is 0 Å². The predicted molar refractivity (Wildman–Crippen MR) is 97.6 cm³/mol. The van der Waals surface area contributed by atoms with Crippen LogP contribution in [-0.4, -0.2) is 49.9 Å². The summed E-state index contributed by atoms with van der Waals surface area (Å²) in [5.74, 6) is 0.499. The average molecular weight is 373 g/mol. The summed E-state index contributed by atoms with van der Waals surface area (Å²) >= 11 is 1.32. The maximum atomic E-state index is 12.1. The molecule has 1 unspecified atom stereocenters. The summed E-state index contributed by atoms with van der Waals surface area (Å²) in [5.41, 5.74) is 1.93. The number of rotatable bonds is 7. The van der Waals surface area contributed by atoms with Crippen molar-refractivity contribution in [3.8, 4) is 11.4 Å². The van der Waals surface area contributed by atoms with E-state index in [0.29, 0.717) is 29.2 Å². The van der Waals surface area contributed by atoms with E-state index in [1.807, 2.05) is 31.2 Å². The highest BCUT2D eigenvalue weighted by Crippen LogP contribution is 2.29. The largest absolute Gasteiger partial charge is 0.497 e. The Bertz CT molecular complexity index is 897. The molecule has 0 saturated heterocycles. The third-order valence-electron chi connectivity index (χ3n) is 3.70. The molecule has 0 N–H and O–H groups in total. The van der Waals surface area contributed by atoms with E-state index in [1.54, 1.807) is 18.7 Å². The molecule has 3 aromatic rings. The van der Waals surface area contributed by atoms with Gasteiger partial charge in [-0.2, -0.15) is 4.68 Å². The molecule has 0 aliphatic carbocycles. The number of benzene rings is 1. The molecule has 2 aromatic heterocycles. The molecular formula is C17H19N5O3S. The smallest absolute Gasteiger partial charge is 0.319 e. The van der Waals surface area contributed by atoms with E-state index in [9.17, 15) is 4.79 Å². The minimum Gasteiger partial charge on any atom is -0.497 e. The van der Waals surface area contributed by atoms with Crippen LogP contribution in [0.25, 0.3) is 16.9 Å². The van der Waals surface area contributed by atoms with Gasteiger partial charge in [0, 0.05) is 0 Å². The normalized spacial score (nSPS) is 12.1. The van der Waals surface area contributed by atoms with Crippen LogP contribution in [0.1, 0.15) is 20.3 Å². The van der Waals surface area contributed by atoms with Crippen LogP contribution in [0.4, 0.5) is 0 Å². The van der Waals surface area contributed by atoms with E-state index in [4.69, 9.17) is 9.47 Å². The molecule has 0 radical (unpaired) electrons. The lowest BCUT2D eigenvalue weighted by atomic mass is 10.3. The molecule has 1 atom stereocenters. The van der Waals surface area contributed by atoms with Crippen LogP contribution in [-0.2, 0) is 9.53 Å². The van der Waals surface area contributed by atoms with E-state index in [2.05, 4.69) is 20.3 Å². The van der Waals surface area contributed by atoms with Crippen LogP contribution in [0, 0.1) is 0 Å². The summed E-state index contributed by atoms with van der Waals surface area (Å²) in [6.45, 7) is 4.07. The van der Waals surface area contributed by atoms with Crippen molar-refractivity contribution in [2.75, 3.05) is 13.7 Å². The second-order valence-electron chi connectivity index (χ2n) is 5.32. The van der Waals surface area contributed by atoms with Crippen molar-refractivity contribution in [3.05, 3.63) is 30.6 Å². The third kappa shape index (κ3) is 3.62. The van der Waals surface area contributed by atoms with Gasteiger partial charge < -0.3 is 9.47 Å². The van der Waals surface area contributed by atoms with Crippen molar-refractivity contribution in [2.45, 2.75) is 30.5 Å². The number of aromatic nitrogens is 5. The zero-order chi connectivity index (χ0) is 18.5. The van der Waals surface area contributed by atoms with Gasteiger partial charge in [0.15, 0.2) is 11.2 Å².